The van der Waals surface area contributed by atoms with Gasteiger partial charge in [-0.25, -0.2) is 9.97 Å². The fraction of sp³-hybridized carbons (Fsp3) is 0.545. The summed E-state index contributed by atoms with van der Waals surface area (Å²) >= 11 is 0. The summed E-state index contributed by atoms with van der Waals surface area (Å²) in [5, 5.41) is 0. The number of nitrogens with zero attached hydrogens (tertiary/aromatic N) is 5. The molecule has 2 aliphatic heterocycles. The molecule has 2 aromatic rings. The first-order chi connectivity index (χ1) is 13.8. The normalized spacial score (nSPS) is 21.8. The van der Waals surface area contributed by atoms with Crippen LogP contribution in [0.15, 0.2) is 36.7 Å². The lowest BCUT2D eigenvalue weighted by molar-refractivity contribution is 0.0342. The lowest BCUT2D eigenvalue weighted by Gasteiger charge is -2.34. The van der Waals surface area contributed by atoms with E-state index < -0.39 is 0 Å². The highest BCUT2D eigenvalue weighted by atomic mass is 16.5. The van der Waals surface area contributed by atoms with Crippen molar-refractivity contribution in [3.8, 4) is 11.1 Å². The van der Waals surface area contributed by atoms with E-state index in [0.717, 1.165) is 76.6 Å². The fourth-order valence-electron chi connectivity index (χ4n) is 4.18. The summed E-state index contributed by atoms with van der Waals surface area (Å²) in [5.41, 5.74) is 3.60. The van der Waals surface area contributed by atoms with Crippen molar-refractivity contribution < 1.29 is 4.74 Å². The van der Waals surface area contributed by atoms with Gasteiger partial charge in [-0.05, 0) is 24.0 Å². The van der Waals surface area contributed by atoms with Crippen LogP contribution in [0.1, 0.15) is 18.4 Å². The largest absolute Gasteiger partial charge is 0.379 e. The van der Waals surface area contributed by atoms with E-state index in [0.29, 0.717) is 0 Å². The number of ether oxygens (including phenoxy) is 1. The van der Waals surface area contributed by atoms with E-state index in [9.17, 15) is 0 Å². The first-order valence-electron chi connectivity index (χ1n) is 10.6. The number of rotatable bonds is 5. The molecular weight excluding hydrogens is 350 g/mol. The van der Waals surface area contributed by atoms with Crippen molar-refractivity contribution in [2.45, 2.75) is 25.4 Å². The Morgan fingerprint density at radius 1 is 0.821 bits per heavy atom. The lowest BCUT2D eigenvalue weighted by Crippen LogP contribution is -2.47. The second-order valence-electron chi connectivity index (χ2n) is 8.11. The molecule has 1 saturated carbocycles. The quantitative estimate of drug-likeness (QED) is 0.794. The molecule has 0 radical (unpaired) electrons. The average Bonchev–Trinajstić information content (AvgIpc) is 3.61. The van der Waals surface area contributed by atoms with E-state index in [2.05, 4.69) is 48.9 Å². The molecule has 0 atom stereocenters. The van der Waals surface area contributed by atoms with Gasteiger partial charge in [0.05, 0.1) is 13.2 Å². The Hall–Kier alpha value is -2.02. The molecular formula is C22H29N5O. The van der Waals surface area contributed by atoms with Gasteiger partial charge in [0, 0.05) is 69.8 Å². The highest BCUT2D eigenvalue weighted by Crippen LogP contribution is 2.28. The molecule has 3 aliphatic rings. The van der Waals surface area contributed by atoms with Gasteiger partial charge in [0.1, 0.15) is 0 Å². The molecule has 1 aliphatic carbocycles. The van der Waals surface area contributed by atoms with Gasteiger partial charge in [0.2, 0.25) is 5.95 Å². The molecule has 6 nitrogen and oxygen atoms in total. The zero-order valence-electron chi connectivity index (χ0n) is 16.5. The number of aromatic nitrogens is 2. The molecule has 28 heavy (non-hydrogen) atoms. The molecule has 0 spiro atoms. The molecule has 0 amide bonds. The Labute approximate surface area is 167 Å². The van der Waals surface area contributed by atoms with Gasteiger partial charge in [-0.2, -0.15) is 0 Å². The van der Waals surface area contributed by atoms with Crippen LogP contribution < -0.4 is 4.90 Å². The zero-order valence-corrected chi connectivity index (χ0v) is 16.5. The summed E-state index contributed by atoms with van der Waals surface area (Å²) < 4.78 is 5.42. The maximum atomic E-state index is 5.42. The smallest absolute Gasteiger partial charge is 0.225 e. The van der Waals surface area contributed by atoms with Crippen molar-refractivity contribution in [1.29, 1.82) is 0 Å². The van der Waals surface area contributed by atoms with Crippen LogP contribution in [0.25, 0.3) is 11.1 Å². The molecule has 0 unspecified atom stereocenters. The first kappa shape index (κ1) is 18.0. The fourth-order valence-corrected chi connectivity index (χ4v) is 4.18. The van der Waals surface area contributed by atoms with Gasteiger partial charge in [-0.3, -0.25) is 9.80 Å². The van der Waals surface area contributed by atoms with E-state index in [1.165, 1.54) is 24.0 Å². The van der Waals surface area contributed by atoms with Crippen molar-refractivity contribution in [2.75, 3.05) is 57.4 Å². The second kappa shape index (κ2) is 8.15. The zero-order chi connectivity index (χ0) is 18.8. The number of anilines is 1. The molecule has 6 heteroatoms. The maximum Gasteiger partial charge on any atom is 0.225 e. The van der Waals surface area contributed by atoms with Crippen LogP contribution in [0, 0.1) is 0 Å². The average molecular weight is 380 g/mol. The molecule has 2 saturated heterocycles. The molecule has 5 rings (SSSR count). The Kier molecular flexibility index (Phi) is 5.25. The van der Waals surface area contributed by atoms with Crippen molar-refractivity contribution >= 4 is 5.95 Å². The molecule has 1 aromatic heterocycles. The number of morpholine rings is 1. The van der Waals surface area contributed by atoms with Crippen LogP contribution in [0.5, 0.6) is 0 Å². The van der Waals surface area contributed by atoms with Crippen molar-refractivity contribution in [3.05, 3.63) is 42.2 Å². The van der Waals surface area contributed by atoms with Crippen molar-refractivity contribution in [3.63, 3.8) is 0 Å². The van der Waals surface area contributed by atoms with Crippen LogP contribution in [0.3, 0.4) is 0 Å². The van der Waals surface area contributed by atoms with Gasteiger partial charge < -0.3 is 9.64 Å². The van der Waals surface area contributed by atoms with Crippen LogP contribution in [0.2, 0.25) is 0 Å². The Morgan fingerprint density at radius 3 is 2.14 bits per heavy atom. The first-order valence-corrected chi connectivity index (χ1v) is 10.6. The summed E-state index contributed by atoms with van der Waals surface area (Å²) in [6.07, 6.45) is 6.70. The standard InChI is InChI=1S/C22H29N5O/c1-3-19(4-2-18(1)17-25-11-13-28-14-12-25)20-15-23-22(24-16-20)27-9-7-26(8-10-27)21-5-6-21/h1-4,15-16,21H,5-14,17H2. The molecule has 0 bridgehead atoms. The van der Waals surface area contributed by atoms with Crippen LogP contribution >= 0.6 is 0 Å². The SMILES string of the molecule is c1cc(-c2cnc(N3CCN(C4CC4)CC3)nc2)ccc1CN1CCOCC1. The summed E-state index contributed by atoms with van der Waals surface area (Å²) in [5.74, 6) is 0.864. The maximum absolute atomic E-state index is 5.42. The molecule has 1 aromatic carbocycles. The highest BCUT2D eigenvalue weighted by Gasteiger charge is 2.31. The number of benzene rings is 1. The van der Waals surface area contributed by atoms with Crippen LogP contribution in [-0.2, 0) is 11.3 Å². The summed E-state index contributed by atoms with van der Waals surface area (Å²) in [7, 11) is 0. The van der Waals surface area contributed by atoms with Crippen molar-refractivity contribution in [1.82, 2.24) is 19.8 Å². The topological polar surface area (TPSA) is 44.7 Å². The van der Waals surface area contributed by atoms with Crippen LogP contribution in [0.4, 0.5) is 5.95 Å². The van der Waals surface area contributed by atoms with E-state index in [1.807, 2.05) is 12.4 Å². The predicted octanol–water partition coefficient (Wildman–Crippen LogP) is 2.26. The molecule has 148 valence electrons. The molecule has 3 heterocycles. The van der Waals surface area contributed by atoms with Gasteiger partial charge >= 0.3 is 0 Å². The van der Waals surface area contributed by atoms with E-state index >= 15 is 0 Å². The lowest BCUT2D eigenvalue weighted by atomic mass is 10.1. The van der Waals surface area contributed by atoms with Crippen LogP contribution in [-0.4, -0.2) is 78.3 Å². The summed E-state index contributed by atoms with van der Waals surface area (Å²) in [4.78, 5) is 16.7. The third-order valence-corrected chi connectivity index (χ3v) is 6.10. The summed E-state index contributed by atoms with van der Waals surface area (Å²) in [6, 6.07) is 9.66. The molecule has 0 N–H and O–H groups in total. The van der Waals surface area contributed by atoms with E-state index in [-0.39, 0.29) is 0 Å². The van der Waals surface area contributed by atoms with E-state index in [1.54, 1.807) is 0 Å². The third-order valence-electron chi connectivity index (χ3n) is 6.10. The molecule has 3 fully saturated rings. The minimum atomic E-state index is 0.845. The van der Waals surface area contributed by atoms with Gasteiger partial charge in [0.25, 0.3) is 0 Å². The van der Waals surface area contributed by atoms with Crippen molar-refractivity contribution in [2.24, 2.45) is 0 Å². The van der Waals surface area contributed by atoms with Gasteiger partial charge in [-0.15, -0.1) is 0 Å². The number of piperazine rings is 1. The number of hydrogen-bond acceptors (Lipinski definition) is 6. The third kappa shape index (κ3) is 4.19. The minimum Gasteiger partial charge on any atom is -0.379 e. The predicted molar refractivity (Wildman–Crippen MR) is 110 cm³/mol. The Morgan fingerprint density at radius 2 is 1.50 bits per heavy atom. The summed E-state index contributed by atoms with van der Waals surface area (Å²) in [6.45, 7) is 9.07. The highest BCUT2D eigenvalue weighted by molar-refractivity contribution is 5.62. The van der Waals surface area contributed by atoms with Gasteiger partial charge in [-0.1, -0.05) is 24.3 Å². The number of hydrogen-bond donors (Lipinski definition) is 0. The second-order valence-corrected chi connectivity index (χ2v) is 8.11. The Bertz CT molecular complexity index is 761. The Balaban J connectivity index is 1.19. The van der Waals surface area contributed by atoms with E-state index in [4.69, 9.17) is 4.74 Å². The monoisotopic (exact) mass is 379 g/mol. The van der Waals surface area contributed by atoms with Gasteiger partial charge in [0.15, 0.2) is 0 Å². The minimum absolute atomic E-state index is 0.845.